The maximum absolute atomic E-state index is 3.96. The molecule has 0 aromatic heterocycles. The van der Waals surface area contributed by atoms with Gasteiger partial charge in [-0.05, 0) is 12.1 Å². The monoisotopic (exact) mass is 121 g/mol. The molecule has 1 radical (unpaired) electrons. The maximum atomic E-state index is 3.96. The van der Waals surface area contributed by atoms with Crippen LogP contribution >= 0.6 is 0 Å². The Labute approximate surface area is 54.9 Å². The van der Waals surface area contributed by atoms with Crippen LogP contribution in [-0.4, -0.2) is 7.05 Å². The van der Waals surface area contributed by atoms with Gasteiger partial charge in [0.05, 0.1) is 5.69 Å². The lowest BCUT2D eigenvalue weighted by molar-refractivity contribution is 0.726. The van der Waals surface area contributed by atoms with Gasteiger partial charge in [0, 0.05) is 7.05 Å². The molecule has 2 nitrogen and oxygen atoms in total. The van der Waals surface area contributed by atoms with Crippen LogP contribution in [0.5, 0.6) is 0 Å². The summed E-state index contributed by atoms with van der Waals surface area (Å²) in [6, 6.07) is 9.76. The van der Waals surface area contributed by atoms with E-state index in [0.29, 0.717) is 0 Å². The van der Waals surface area contributed by atoms with E-state index in [-0.39, 0.29) is 0 Å². The molecule has 0 saturated heterocycles. The van der Waals surface area contributed by atoms with Crippen molar-refractivity contribution in [1.29, 1.82) is 0 Å². The molecule has 1 N–H and O–H groups in total. The van der Waals surface area contributed by atoms with Crippen molar-refractivity contribution in [1.82, 2.24) is 10.9 Å². The number of nitrogens with zero attached hydrogens (tertiary/aromatic N) is 1. The molecule has 0 amide bonds. The fourth-order valence-corrected chi connectivity index (χ4v) is 0.632. The Morgan fingerprint density at radius 1 is 1.22 bits per heavy atom. The lowest BCUT2D eigenvalue weighted by atomic mass is 10.3. The Kier molecular flexibility index (Phi) is 2.10. The predicted octanol–water partition coefficient (Wildman–Crippen LogP) is 1.06. The van der Waals surface area contributed by atoms with Crippen molar-refractivity contribution in [2.75, 3.05) is 7.05 Å². The highest BCUT2D eigenvalue weighted by Crippen LogP contribution is 2.01. The van der Waals surface area contributed by atoms with Crippen molar-refractivity contribution < 1.29 is 0 Å². The van der Waals surface area contributed by atoms with Crippen LogP contribution in [-0.2, 0) is 0 Å². The third-order valence-electron chi connectivity index (χ3n) is 0.997. The van der Waals surface area contributed by atoms with Crippen molar-refractivity contribution >= 4 is 5.69 Å². The van der Waals surface area contributed by atoms with Gasteiger partial charge in [0.1, 0.15) is 0 Å². The summed E-state index contributed by atoms with van der Waals surface area (Å²) in [7, 11) is 1.78. The highest BCUT2D eigenvalue weighted by atomic mass is 15.3. The van der Waals surface area contributed by atoms with Crippen molar-refractivity contribution in [3.05, 3.63) is 30.3 Å². The molecule has 0 aliphatic rings. The normalized spacial score (nSPS) is 9.00. The van der Waals surface area contributed by atoms with E-state index < -0.39 is 0 Å². The van der Waals surface area contributed by atoms with E-state index in [4.69, 9.17) is 0 Å². The highest BCUT2D eigenvalue weighted by Gasteiger charge is 1.84. The Bertz CT molecular complexity index is 160. The molecule has 0 fully saturated rings. The van der Waals surface area contributed by atoms with E-state index in [0.717, 1.165) is 5.69 Å². The van der Waals surface area contributed by atoms with Crippen LogP contribution < -0.4 is 10.9 Å². The van der Waals surface area contributed by atoms with Crippen molar-refractivity contribution in [2.24, 2.45) is 0 Å². The smallest absolute Gasteiger partial charge is 0.0773 e. The molecular weight excluding hydrogens is 112 g/mol. The van der Waals surface area contributed by atoms with Gasteiger partial charge in [-0.1, -0.05) is 18.2 Å². The van der Waals surface area contributed by atoms with Gasteiger partial charge in [-0.2, -0.15) is 0 Å². The fraction of sp³-hybridized carbons (Fsp3) is 0.143. The molecular formula is C7H9N2. The van der Waals surface area contributed by atoms with Gasteiger partial charge < -0.3 is 0 Å². The number of rotatable bonds is 2. The number of hydrogen-bond acceptors (Lipinski definition) is 1. The first-order valence-electron chi connectivity index (χ1n) is 2.86. The van der Waals surface area contributed by atoms with Gasteiger partial charge in [-0.3, -0.25) is 0 Å². The second-order valence-electron chi connectivity index (χ2n) is 1.67. The predicted molar refractivity (Wildman–Crippen MR) is 37.3 cm³/mol. The molecule has 2 heteroatoms. The Balaban J connectivity index is 2.61. The first kappa shape index (κ1) is 6.11. The van der Waals surface area contributed by atoms with E-state index in [1.807, 2.05) is 30.3 Å². The van der Waals surface area contributed by atoms with Crippen LogP contribution in [0.1, 0.15) is 0 Å². The maximum Gasteiger partial charge on any atom is 0.0773 e. The molecule has 0 unspecified atom stereocenters. The molecule has 0 heterocycles. The van der Waals surface area contributed by atoms with Gasteiger partial charge in [-0.15, -0.1) is 0 Å². The second-order valence-corrected chi connectivity index (χ2v) is 1.67. The Morgan fingerprint density at radius 2 is 1.89 bits per heavy atom. The van der Waals surface area contributed by atoms with Crippen LogP contribution in [0.3, 0.4) is 0 Å². The molecule has 0 aliphatic heterocycles. The molecule has 1 rings (SSSR count). The Morgan fingerprint density at radius 3 is 2.44 bits per heavy atom. The summed E-state index contributed by atoms with van der Waals surface area (Å²) in [6.07, 6.45) is 0. The summed E-state index contributed by atoms with van der Waals surface area (Å²) in [5, 5.41) is 0. The molecule has 1 aromatic rings. The topological polar surface area (TPSA) is 26.1 Å². The van der Waals surface area contributed by atoms with Gasteiger partial charge in [0.2, 0.25) is 0 Å². The summed E-state index contributed by atoms with van der Waals surface area (Å²) < 4.78 is 0. The molecule has 1 aromatic carbocycles. The van der Waals surface area contributed by atoms with Crippen LogP contribution in [0.2, 0.25) is 0 Å². The van der Waals surface area contributed by atoms with Crippen LogP contribution in [0, 0.1) is 0 Å². The molecule has 9 heavy (non-hydrogen) atoms. The quantitative estimate of drug-likeness (QED) is 0.582. The number of nitrogens with one attached hydrogen (secondary N) is 1. The van der Waals surface area contributed by atoms with E-state index in [1.54, 1.807) is 7.05 Å². The standard InChI is InChI=1S/C7H9N2/c1-8-9-7-5-3-2-4-6-7/h2-6,8H,1H3. The molecule has 47 valence electrons. The highest BCUT2D eigenvalue weighted by molar-refractivity contribution is 5.33. The van der Waals surface area contributed by atoms with Gasteiger partial charge in [-0.25, -0.2) is 10.9 Å². The zero-order valence-electron chi connectivity index (χ0n) is 5.33. The van der Waals surface area contributed by atoms with Crippen molar-refractivity contribution in [3.8, 4) is 0 Å². The SMILES string of the molecule is CN[N]c1ccccc1. The third kappa shape index (κ3) is 1.74. The van der Waals surface area contributed by atoms with Crippen molar-refractivity contribution in [3.63, 3.8) is 0 Å². The van der Waals surface area contributed by atoms with Crippen LogP contribution in [0.15, 0.2) is 30.3 Å². The van der Waals surface area contributed by atoms with Gasteiger partial charge >= 0.3 is 0 Å². The van der Waals surface area contributed by atoms with E-state index in [9.17, 15) is 0 Å². The van der Waals surface area contributed by atoms with Crippen LogP contribution in [0.25, 0.3) is 0 Å². The molecule has 0 bridgehead atoms. The lowest BCUT2D eigenvalue weighted by Gasteiger charge is -1.96. The number of benzene rings is 1. The zero-order chi connectivity index (χ0) is 6.53. The first-order valence-corrected chi connectivity index (χ1v) is 2.86. The second kappa shape index (κ2) is 3.10. The minimum absolute atomic E-state index is 0.958. The summed E-state index contributed by atoms with van der Waals surface area (Å²) in [6.45, 7) is 0. The average Bonchev–Trinajstić information content (AvgIpc) is 1.91. The lowest BCUT2D eigenvalue weighted by Crippen LogP contribution is -2.13. The summed E-state index contributed by atoms with van der Waals surface area (Å²) in [4.78, 5) is 0. The molecule has 0 spiro atoms. The molecule has 0 saturated carbocycles. The van der Waals surface area contributed by atoms with E-state index in [1.165, 1.54) is 0 Å². The first-order chi connectivity index (χ1) is 4.43. The number of para-hydroxylation sites is 1. The third-order valence-corrected chi connectivity index (χ3v) is 0.997. The largest absolute Gasteiger partial charge is 0.217 e. The molecule has 0 atom stereocenters. The van der Waals surface area contributed by atoms with Crippen molar-refractivity contribution in [2.45, 2.75) is 0 Å². The minimum atomic E-state index is 0.958. The summed E-state index contributed by atoms with van der Waals surface area (Å²) in [5.74, 6) is 0. The minimum Gasteiger partial charge on any atom is -0.217 e. The molecule has 0 aliphatic carbocycles. The summed E-state index contributed by atoms with van der Waals surface area (Å²) >= 11 is 0. The van der Waals surface area contributed by atoms with E-state index in [2.05, 4.69) is 10.9 Å². The zero-order valence-corrected chi connectivity index (χ0v) is 5.33. The Hall–Kier alpha value is -1.02. The van der Waals surface area contributed by atoms with Gasteiger partial charge in [0.25, 0.3) is 0 Å². The average molecular weight is 121 g/mol. The fourth-order valence-electron chi connectivity index (χ4n) is 0.632. The number of hydrogen-bond donors (Lipinski definition) is 1. The summed E-state index contributed by atoms with van der Waals surface area (Å²) in [5.41, 5.74) is 7.62. The van der Waals surface area contributed by atoms with Crippen LogP contribution in [0.4, 0.5) is 5.69 Å². The van der Waals surface area contributed by atoms with E-state index >= 15 is 0 Å². The van der Waals surface area contributed by atoms with Gasteiger partial charge in [0.15, 0.2) is 0 Å².